The molecule has 0 saturated carbocycles. The molecule has 0 amide bonds. The summed E-state index contributed by atoms with van der Waals surface area (Å²) in [6, 6.07) is 7.93. The molecule has 3 atom stereocenters. The molecular formula is C25H44O5Si. The van der Waals surface area contributed by atoms with Gasteiger partial charge >= 0.3 is 5.97 Å². The molecule has 0 spiro atoms. The first-order chi connectivity index (χ1) is 14.3. The topological polar surface area (TPSA) is 65.0 Å². The highest BCUT2D eigenvalue weighted by atomic mass is 28.4. The molecule has 0 aliphatic carbocycles. The number of rotatable bonds is 13. The van der Waals surface area contributed by atoms with Crippen LogP contribution in [0.2, 0.25) is 18.1 Å². The third kappa shape index (κ3) is 8.95. The van der Waals surface area contributed by atoms with E-state index in [2.05, 4.69) is 47.7 Å². The molecule has 0 unspecified atom stereocenters. The Morgan fingerprint density at radius 2 is 1.58 bits per heavy atom. The zero-order valence-corrected chi connectivity index (χ0v) is 22.0. The summed E-state index contributed by atoms with van der Waals surface area (Å²) in [6.45, 7) is 17.6. The van der Waals surface area contributed by atoms with Crippen molar-refractivity contribution in [1.29, 1.82) is 0 Å². The van der Waals surface area contributed by atoms with Gasteiger partial charge in [-0.15, -0.1) is 0 Å². The molecule has 0 aliphatic rings. The van der Waals surface area contributed by atoms with Gasteiger partial charge < -0.3 is 19.0 Å². The van der Waals surface area contributed by atoms with Crippen molar-refractivity contribution in [1.82, 2.24) is 0 Å². The molecule has 1 aromatic rings. The fraction of sp³-hybridized carbons (Fsp3) is 0.720. The second kappa shape index (κ2) is 12.0. The van der Waals surface area contributed by atoms with E-state index in [0.29, 0.717) is 12.5 Å². The van der Waals surface area contributed by atoms with Crippen molar-refractivity contribution in [3.8, 4) is 5.75 Å². The molecule has 178 valence electrons. The fourth-order valence-electron chi connectivity index (χ4n) is 3.18. The monoisotopic (exact) mass is 452 g/mol. The van der Waals surface area contributed by atoms with Crippen LogP contribution in [0.3, 0.4) is 0 Å². The summed E-state index contributed by atoms with van der Waals surface area (Å²) in [4.78, 5) is 11.7. The van der Waals surface area contributed by atoms with Gasteiger partial charge in [0.2, 0.25) is 0 Å². The second-order valence-corrected chi connectivity index (χ2v) is 15.2. The van der Waals surface area contributed by atoms with Crippen LogP contribution in [0, 0.1) is 11.8 Å². The van der Waals surface area contributed by atoms with E-state index in [9.17, 15) is 9.90 Å². The Kier molecular flexibility index (Phi) is 10.7. The molecule has 1 rings (SSSR count). The van der Waals surface area contributed by atoms with Crippen LogP contribution in [-0.2, 0) is 20.6 Å². The van der Waals surface area contributed by atoms with Crippen LogP contribution in [-0.4, -0.2) is 38.7 Å². The molecular weight excluding hydrogens is 408 g/mol. The van der Waals surface area contributed by atoms with Gasteiger partial charge in [0.15, 0.2) is 8.32 Å². The van der Waals surface area contributed by atoms with Gasteiger partial charge in [0.1, 0.15) is 5.75 Å². The summed E-state index contributed by atoms with van der Waals surface area (Å²) < 4.78 is 18.0. The van der Waals surface area contributed by atoms with Crippen molar-refractivity contribution in [2.75, 3.05) is 7.11 Å². The number of carbonyl (C=O) groups is 1. The highest BCUT2D eigenvalue weighted by Crippen LogP contribution is 2.39. The quantitative estimate of drug-likeness (QED) is 0.345. The van der Waals surface area contributed by atoms with Crippen LogP contribution in [0.15, 0.2) is 24.3 Å². The third-order valence-corrected chi connectivity index (χ3v) is 11.0. The van der Waals surface area contributed by atoms with E-state index in [1.807, 2.05) is 24.3 Å². The van der Waals surface area contributed by atoms with Crippen molar-refractivity contribution in [2.24, 2.45) is 11.8 Å². The van der Waals surface area contributed by atoms with Crippen LogP contribution in [0.5, 0.6) is 5.75 Å². The van der Waals surface area contributed by atoms with Crippen molar-refractivity contribution in [2.45, 2.75) is 97.8 Å². The number of aliphatic carboxylic acids is 1. The van der Waals surface area contributed by atoms with Crippen molar-refractivity contribution in [3.63, 3.8) is 0 Å². The van der Waals surface area contributed by atoms with Crippen LogP contribution in [0.4, 0.5) is 0 Å². The van der Waals surface area contributed by atoms with Gasteiger partial charge in [-0.1, -0.05) is 46.8 Å². The molecule has 0 saturated heterocycles. The Morgan fingerprint density at radius 3 is 2.03 bits per heavy atom. The van der Waals surface area contributed by atoms with Crippen LogP contribution < -0.4 is 4.74 Å². The van der Waals surface area contributed by atoms with E-state index >= 15 is 0 Å². The summed E-state index contributed by atoms with van der Waals surface area (Å²) in [5, 5.41) is 9.65. The van der Waals surface area contributed by atoms with Gasteiger partial charge in [-0.25, -0.2) is 0 Å². The predicted molar refractivity (Wildman–Crippen MR) is 129 cm³/mol. The number of methoxy groups -OCH3 is 1. The molecule has 0 heterocycles. The van der Waals surface area contributed by atoms with Gasteiger partial charge in [-0.3, -0.25) is 4.79 Å². The van der Waals surface area contributed by atoms with Crippen molar-refractivity contribution < 1.29 is 23.8 Å². The number of ether oxygens (including phenoxy) is 2. The summed E-state index contributed by atoms with van der Waals surface area (Å²) in [7, 11) is -0.387. The molecule has 1 aromatic carbocycles. The number of hydrogen-bond acceptors (Lipinski definition) is 4. The SMILES string of the molecule is COc1ccc(CO[C@@H](CCC[C@@H](O[Si](C)(C)C(C)(C)C)[C@@H](C)C(=O)O)C(C)C)cc1. The number of carboxylic acid groups (broad SMARTS) is 1. The average molecular weight is 453 g/mol. The normalized spacial score (nSPS) is 15.5. The molecule has 6 heteroatoms. The Bertz CT molecular complexity index is 663. The molecule has 0 radical (unpaired) electrons. The maximum atomic E-state index is 11.7. The summed E-state index contributed by atoms with van der Waals surface area (Å²) in [5.41, 5.74) is 1.12. The Hall–Kier alpha value is -1.37. The molecule has 1 N–H and O–H groups in total. The van der Waals surface area contributed by atoms with E-state index in [1.54, 1.807) is 14.0 Å². The molecule has 5 nitrogen and oxygen atoms in total. The summed E-state index contributed by atoms with van der Waals surface area (Å²) >= 11 is 0. The first-order valence-corrected chi connectivity index (χ1v) is 14.3. The number of carboxylic acids is 1. The van der Waals surface area contributed by atoms with E-state index in [-0.39, 0.29) is 17.2 Å². The maximum Gasteiger partial charge on any atom is 0.308 e. The van der Waals surface area contributed by atoms with Gasteiger partial charge in [0, 0.05) is 0 Å². The first-order valence-electron chi connectivity index (χ1n) is 11.4. The summed E-state index contributed by atoms with van der Waals surface area (Å²) in [5.74, 6) is -0.0916. The maximum absolute atomic E-state index is 11.7. The lowest BCUT2D eigenvalue weighted by Gasteiger charge is -2.40. The molecule has 0 aliphatic heterocycles. The average Bonchev–Trinajstić information content (AvgIpc) is 2.68. The second-order valence-electron chi connectivity index (χ2n) is 10.4. The van der Waals surface area contributed by atoms with E-state index in [4.69, 9.17) is 13.9 Å². The van der Waals surface area contributed by atoms with Crippen molar-refractivity contribution in [3.05, 3.63) is 29.8 Å². The molecule has 0 fully saturated rings. The van der Waals surface area contributed by atoms with Gasteiger partial charge in [-0.2, -0.15) is 0 Å². The fourth-order valence-corrected chi connectivity index (χ4v) is 4.61. The van der Waals surface area contributed by atoms with Crippen LogP contribution in [0.25, 0.3) is 0 Å². The summed E-state index contributed by atoms with van der Waals surface area (Å²) in [6.07, 6.45) is 2.35. The zero-order valence-electron chi connectivity index (χ0n) is 21.0. The first kappa shape index (κ1) is 27.7. The Morgan fingerprint density at radius 1 is 1.03 bits per heavy atom. The molecule has 0 aromatic heterocycles. The minimum absolute atomic E-state index is 0.0470. The zero-order chi connectivity index (χ0) is 23.8. The lowest BCUT2D eigenvalue weighted by Crippen LogP contribution is -2.46. The minimum Gasteiger partial charge on any atom is -0.497 e. The van der Waals surface area contributed by atoms with Gasteiger partial charge in [0.25, 0.3) is 0 Å². The smallest absolute Gasteiger partial charge is 0.308 e. The van der Waals surface area contributed by atoms with E-state index in [1.165, 1.54) is 0 Å². The minimum atomic E-state index is -2.05. The lowest BCUT2D eigenvalue weighted by atomic mass is 9.96. The molecule has 0 bridgehead atoms. The van der Waals surface area contributed by atoms with Gasteiger partial charge in [0.05, 0.1) is 31.8 Å². The third-order valence-electron chi connectivity index (χ3n) is 6.54. The van der Waals surface area contributed by atoms with Crippen LogP contribution in [0.1, 0.15) is 66.4 Å². The van der Waals surface area contributed by atoms with Crippen LogP contribution >= 0.6 is 0 Å². The number of benzene rings is 1. The molecule has 31 heavy (non-hydrogen) atoms. The Labute approximate surface area is 190 Å². The Balaban J connectivity index is 2.70. The largest absolute Gasteiger partial charge is 0.497 e. The van der Waals surface area contributed by atoms with Gasteiger partial charge in [-0.05, 0) is 67.9 Å². The number of hydrogen-bond donors (Lipinski definition) is 1. The highest BCUT2D eigenvalue weighted by Gasteiger charge is 2.41. The van der Waals surface area contributed by atoms with E-state index < -0.39 is 20.2 Å². The standard InChI is InChI=1S/C25H44O5Si/c1-18(2)22(29-17-20-13-15-21(28-7)16-14-20)11-10-12-23(19(3)24(26)27)30-31(8,9)25(4,5)6/h13-16,18-19,22-23H,10-12,17H2,1-9H3,(H,26,27)/t19-,22+,23-/m1/s1. The highest BCUT2D eigenvalue weighted by molar-refractivity contribution is 6.74. The predicted octanol–water partition coefficient (Wildman–Crippen LogP) is 6.52. The van der Waals surface area contributed by atoms with E-state index in [0.717, 1.165) is 30.6 Å². The lowest BCUT2D eigenvalue weighted by molar-refractivity contribution is -0.144. The van der Waals surface area contributed by atoms with Crippen molar-refractivity contribution >= 4 is 14.3 Å².